The van der Waals surface area contributed by atoms with E-state index < -0.39 is 0 Å². The SMILES string of the molecule is Cn1cc([C@@H]2CCCCN2c2nc3ccncc3c(=O)[nH]2)cn1. The first-order valence-corrected chi connectivity index (χ1v) is 7.81. The van der Waals surface area contributed by atoms with Gasteiger partial charge in [0.15, 0.2) is 0 Å². The molecular weight excluding hydrogens is 292 g/mol. The molecule has 1 saturated heterocycles. The lowest BCUT2D eigenvalue weighted by Gasteiger charge is -2.35. The van der Waals surface area contributed by atoms with Crippen LogP contribution in [0.2, 0.25) is 0 Å². The summed E-state index contributed by atoms with van der Waals surface area (Å²) < 4.78 is 1.81. The predicted octanol–water partition coefficient (Wildman–Crippen LogP) is 1.78. The minimum atomic E-state index is -0.145. The lowest BCUT2D eigenvalue weighted by molar-refractivity contribution is 0.465. The second-order valence-electron chi connectivity index (χ2n) is 5.93. The highest BCUT2D eigenvalue weighted by atomic mass is 16.1. The van der Waals surface area contributed by atoms with Crippen LogP contribution in [-0.2, 0) is 7.05 Å². The second-order valence-corrected chi connectivity index (χ2v) is 5.93. The zero-order valence-corrected chi connectivity index (χ0v) is 12.9. The monoisotopic (exact) mass is 310 g/mol. The fourth-order valence-corrected chi connectivity index (χ4v) is 3.25. The smallest absolute Gasteiger partial charge is 0.261 e. The third kappa shape index (κ3) is 2.48. The summed E-state index contributed by atoms with van der Waals surface area (Å²) in [6, 6.07) is 1.97. The summed E-state index contributed by atoms with van der Waals surface area (Å²) in [4.78, 5) is 26.1. The molecule has 1 aliphatic rings. The Hall–Kier alpha value is -2.70. The highest BCUT2D eigenvalue weighted by Crippen LogP contribution is 2.33. The molecule has 23 heavy (non-hydrogen) atoms. The van der Waals surface area contributed by atoms with Crippen LogP contribution >= 0.6 is 0 Å². The Kier molecular flexibility index (Phi) is 3.33. The normalized spacial score (nSPS) is 18.5. The molecule has 0 aromatic carbocycles. The van der Waals surface area contributed by atoms with Crippen molar-refractivity contribution in [1.29, 1.82) is 0 Å². The van der Waals surface area contributed by atoms with E-state index in [0.717, 1.165) is 31.4 Å². The van der Waals surface area contributed by atoms with Crippen LogP contribution in [0.15, 0.2) is 35.6 Å². The van der Waals surface area contributed by atoms with Crippen molar-refractivity contribution in [3.63, 3.8) is 0 Å². The molecule has 0 aliphatic carbocycles. The van der Waals surface area contributed by atoms with Crippen molar-refractivity contribution in [2.24, 2.45) is 7.05 Å². The number of fused-ring (bicyclic) bond motifs is 1. The van der Waals surface area contributed by atoms with E-state index in [9.17, 15) is 4.79 Å². The Morgan fingerprint density at radius 3 is 3.04 bits per heavy atom. The number of hydrogen-bond donors (Lipinski definition) is 1. The largest absolute Gasteiger partial charge is 0.335 e. The maximum atomic E-state index is 12.3. The van der Waals surface area contributed by atoms with Crippen LogP contribution in [0.3, 0.4) is 0 Å². The molecule has 7 nitrogen and oxygen atoms in total. The lowest BCUT2D eigenvalue weighted by atomic mass is 9.98. The molecule has 1 N–H and O–H groups in total. The van der Waals surface area contributed by atoms with Gasteiger partial charge >= 0.3 is 0 Å². The molecule has 118 valence electrons. The summed E-state index contributed by atoms with van der Waals surface area (Å²) >= 11 is 0. The van der Waals surface area contributed by atoms with Crippen LogP contribution in [0.5, 0.6) is 0 Å². The van der Waals surface area contributed by atoms with Gasteiger partial charge in [0.05, 0.1) is 23.1 Å². The van der Waals surface area contributed by atoms with E-state index in [0.29, 0.717) is 16.9 Å². The number of anilines is 1. The summed E-state index contributed by atoms with van der Waals surface area (Å²) in [5.74, 6) is 0.627. The first-order chi connectivity index (χ1) is 11.2. The van der Waals surface area contributed by atoms with Gasteiger partial charge in [0, 0.05) is 37.7 Å². The number of piperidine rings is 1. The van der Waals surface area contributed by atoms with E-state index in [-0.39, 0.29) is 11.6 Å². The van der Waals surface area contributed by atoms with Crippen molar-refractivity contribution in [2.75, 3.05) is 11.4 Å². The molecule has 4 rings (SSSR count). The molecule has 3 aromatic rings. The molecule has 7 heteroatoms. The van der Waals surface area contributed by atoms with Crippen LogP contribution in [0.25, 0.3) is 10.9 Å². The Balaban J connectivity index is 1.79. The van der Waals surface area contributed by atoms with Crippen LogP contribution in [0.4, 0.5) is 5.95 Å². The molecule has 1 aliphatic heterocycles. The summed E-state index contributed by atoms with van der Waals surface area (Å²) in [7, 11) is 1.92. The van der Waals surface area contributed by atoms with E-state index in [2.05, 4.69) is 25.0 Å². The molecule has 0 radical (unpaired) electrons. The topological polar surface area (TPSA) is 79.7 Å². The van der Waals surface area contributed by atoms with Gasteiger partial charge in [-0.25, -0.2) is 4.98 Å². The molecule has 1 fully saturated rings. The number of hydrogen-bond acceptors (Lipinski definition) is 5. The number of pyridine rings is 1. The van der Waals surface area contributed by atoms with E-state index >= 15 is 0 Å². The van der Waals surface area contributed by atoms with Crippen LogP contribution in [0.1, 0.15) is 30.9 Å². The fourth-order valence-electron chi connectivity index (χ4n) is 3.25. The predicted molar refractivity (Wildman–Crippen MR) is 87.3 cm³/mol. The van der Waals surface area contributed by atoms with Crippen molar-refractivity contribution in [1.82, 2.24) is 24.7 Å². The zero-order valence-electron chi connectivity index (χ0n) is 12.9. The quantitative estimate of drug-likeness (QED) is 0.780. The van der Waals surface area contributed by atoms with Gasteiger partial charge in [-0.15, -0.1) is 0 Å². The Labute approximate surface area is 133 Å². The van der Waals surface area contributed by atoms with Crippen molar-refractivity contribution in [3.05, 3.63) is 46.8 Å². The molecule has 0 bridgehead atoms. The van der Waals surface area contributed by atoms with Gasteiger partial charge in [-0.1, -0.05) is 0 Å². The van der Waals surface area contributed by atoms with Crippen LogP contribution in [-0.4, -0.2) is 31.3 Å². The maximum absolute atomic E-state index is 12.3. The standard InChI is InChI=1S/C16H18N6O/c1-21-10-11(8-18-21)14-4-2-3-7-22(14)16-19-13-5-6-17-9-12(13)15(23)20-16/h5-6,8-10,14H,2-4,7H2,1H3,(H,19,20,23)/t14-/m0/s1. The first-order valence-electron chi connectivity index (χ1n) is 7.81. The maximum Gasteiger partial charge on any atom is 0.261 e. The third-order valence-electron chi connectivity index (χ3n) is 4.38. The molecule has 0 unspecified atom stereocenters. The third-order valence-corrected chi connectivity index (χ3v) is 4.38. The second kappa shape index (κ2) is 5.49. The van der Waals surface area contributed by atoms with Gasteiger partial charge < -0.3 is 4.90 Å². The number of aromatic nitrogens is 5. The van der Waals surface area contributed by atoms with Gasteiger partial charge in [-0.3, -0.25) is 19.4 Å². The minimum absolute atomic E-state index is 0.145. The van der Waals surface area contributed by atoms with E-state index in [1.54, 1.807) is 18.5 Å². The lowest BCUT2D eigenvalue weighted by Crippen LogP contribution is -2.35. The van der Waals surface area contributed by atoms with Crippen molar-refractivity contribution < 1.29 is 0 Å². The molecule has 3 aromatic heterocycles. The molecule has 0 saturated carbocycles. The molecule has 4 heterocycles. The highest BCUT2D eigenvalue weighted by Gasteiger charge is 2.27. The Morgan fingerprint density at radius 1 is 1.30 bits per heavy atom. The average Bonchev–Trinajstić information content (AvgIpc) is 3.01. The number of H-pyrrole nitrogens is 1. The number of aromatic amines is 1. The van der Waals surface area contributed by atoms with Gasteiger partial charge in [-0.05, 0) is 25.3 Å². The zero-order chi connectivity index (χ0) is 15.8. The van der Waals surface area contributed by atoms with E-state index in [4.69, 9.17) is 0 Å². The Morgan fingerprint density at radius 2 is 2.22 bits per heavy atom. The highest BCUT2D eigenvalue weighted by molar-refractivity contribution is 5.77. The van der Waals surface area contributed by atoms with Crippen LogP contribution in [0, 0.1) is 0 Å². The van der Waals surface area contributed by atoms with E-state index in [1.807, 2.05) is 24.1 Å². The van der Waals surface area contributed by atoms with Crippen LogP contribution < -0.4 is 10.5 Å². The molecular formula is C16H18N6O. The minimum Gasteiger partial charge on any atom is -0.335 e. The van der Waals surface area contributed by atoms with Gasteiger partial charge in [0.25, 0.3) is 5.56 Å². The number of nitrogens with one attached hydrogen (secondary N) is 1. The molecule has 0 spiro atoms. The number of rotatable bonds is 2. The number of aryl methyl sites for hydroxylation is 1. The van der Waals surface area contributed by atoms with Crippen molar-refractivity contribution in [2.45, 2.75) is 25.3 Å². The molecule has 1 atom stereocenters. The molecule has 0 amide bonds. The van der Waals surface area contributed by atoms with Crippen molar-refractivity contribution in [3.8, 4) is 0 Å². The van der Waals surface area contributed by atoms with E-state index in [1.165, 1.54) is 0 Å². The summed E-state index contributed by atoms with van der Waals surface area (Å²) in [5, 5.41) is 4.80. The van der Waals surface area contributed by atoms with Gasteiger partial charge in [0.1, 0.15) is 0 Å². The summed E-state index contributed by atoms with van der Waals surface area (Å²) in [6.45, 7) is 0.874. The first kappa shape index (κ1) is 13.9. The van der Waals surface area contributed by atoms with Crippen molar-refractivity contribution >= 4 is 16.9 Å². The van der Waals surface area contributed by atoms with Gasteiger partial charge in [0.2, 0.25) is 5.95 Å². The average molecular weight is 310 g/mol. The summed E-state index contributed by atoms with van der Waals surface area (Å²) in [6.07, 6.45) is 10.4. The number of nitrogens with zero attached hydrogens (tertiary/aromatic N) is 5. The summed E-state index contributed by atoms with van der Waals surface area (Å²) in [5.41, 5.74) is 1.69. The fraction of sp³-hybridized carbons (Fsp3) is 0.375. The Bertz CT molecular complexity index is 899. The van der Waals surface area contributed by atoms with Gasteiger partial charge in [-0.2, -0.15) is 5.10 Å².